The third-order valence-corrected chi connectivity index (χ3v) is 3.97. The van der Waals surface area contributed by atoms with Gasteiger partial charge in [-0.3, -0.25) is 0 Å². The second-order valence-electron chi connectivity index (χ2n) is 7.01. The Balaban J connectivity index is 2.54. The van der Waals surface area contributed by atoms with E-state index < -0.39 is 0 Å². The number of hydrogen-bond acceptors (Lipinski definition) is 0. The van der Waals surface area contributed by atoms with Crippen molar-refractivity contribution >= 4 is 0 Å². The first-order valence-corrected chi connectivity index (χ1v) is 7.09. The largest absolute Gasteiger partial charge is 0.0880 e. The van der Waals surface area contributed by atoms with Gasteiger partial charge in [-0.2, -0.15) is 0 Å². The Bertz CT molecular complexity index is 220. The Morgan fingerprint density at radius 1 is 0.750 bits per heavy atom. The maximum absolute atomic E-state index is 2.45. The molecule has 0 saturated carbocycles. The molecule has 0 fully saturated rings. The molecule has 1 aliphatic carbocycles. The van der Waals surface area contributed by atoms with Crippen molar-refractivity contribution in [2.24, 2.45) is 10.8 Å². The highest BCUT2D eigenvalue weighted by Crippen LogP contribution is 2.34. The lowest BCUT2D eigenvalue weighted by molar-refractivity contribution is 0.266. The molecule has 0 heteroatoms. The van der Waals surface area contributed by atoms with Gasteiger partial charge in [0.2, 0.25) is 0 Å². The van der Waals surface area contributed by atoms with Gasteiger partial charge in [-0.15, -0.1) is 0 Å². The van der Waals surface area contributed by atoms with Gasteiger partial charge in [0.25, 0.3) is 0 Å². The highest BCUT2D eigenvalue weighted by Gasteiger charge is 2.20. The first kappa shape index (κ1) is 13.8. The quantitative estimate of drug-likeness (QED) is 0.459. The molecule has 0 atom stereocenters. The van der Waals surface area contributed by atoms with Gasteiger partial charge < -0.3 is 0 Å². The zero-order valence-electron chi connectivity index (χ0n) is 11.8. The van der Waals surface area contributed by atoms with Crippen LogP contribution in [0.1, 0.15) is 79.1 Å². The molecular weight excluding hydrogens is 192 g/mol. The summed E-state index contributed by atoms with van der Waals surface area (Å²) in [7, 11) is 0. The van der Waals surface area contributed by atoms with E-state index in [0.717, 1.165) is 0 Å². The first-order valence-electron chi connectivity index (χ1n) is 7.09. The summed E-state index contributed by atoms with van der Waals surface area (Å²) < 4.78 is 0. The average Bonchev–Trinajstić information content (AvgIpc) is 2.13. The van der Waals surface area contributed by atoms with Crippen LogP contribution < -0.4 is 0 Å². The zero-order valence-corrected chi connectivity index (χ0v) is 11.8. The molecule has 0 unspecified atom stereocenters. The Kier molecular flexibility index (Phi) is 5.08. The molecule has 0 aromatic carbocycles. The Morgan fingerprint density at radius 3 is 2.19 bits per heavy atom. The molecule has 0 aromatic heterocycles. The fourth-order valence-corrected chi connectivity index (χ4v) is 2.68. The Labute approximate surface area is 103 Å². The summed E-state index contributed by atoms with van der Waals surface area (Å²) in [6.45, 7) is 9.65. The van der Waals surface area contributed by atoms with E-state index in [4.69, 9.17) is 0 Å². The molecule has 0 heterocycles. The minimum atomic E-state index is 0.412. The van der Waals surface area contributed by atoms with Crippen LogP contribution in [0.4, 0.5) is 0 Å². The van der Waals surface area contributed by atoms with E-state index in [1.165, 1.54) is 51.4 Å². The van der Waals surface area contributed by atoms with Gasteiger partial charge in [0.05, 0.1) is 0 Å². The van der Waals surface area contributed by atoms with Crippen LogP contribution in [-0.2, 0) is 0 Å². The minimum Gasteiger partial charge on any atom is -0.0880 e. The van der Waals surface area contributed by atoms with Crippen LogP contribution in [0.5, 0.6) is 0 Å². The molecule has 0 N–H and O–H groups in total. The van der Waals surface area contributed by atoms with Gasteiger partial charge in [0.15, 0.2) is 0 Å². The van der Waals surface area contributed by atoms with E-state index in [2.05, 4.69) is 39.8 Å². The molecule has 0 saturated heterocycles. The summed E-state index contributed by atoms with van der Waals surface area (Å²) in [6.07, 6.45) is 15.9. The van der Waals surface area contributed by atoms with Crippen molar-refractivity contribution in [3.05, 3.63) is 12.2 Å². The lowest BCUT2D eigenvalue weighted by Gasteiger charge is -2.28. The normalized spacial score (nSPS) is 26.8. The minimum absolute atomic E-state index is 0.412. The van der Waals surface area contributed by atoms with Gasteiger partial charge in [0.1, 0.15) is 0 Å². The molecule has 1 rings (SSSR count). The average molecular weight is 222 g/mol. The second-order valence-corrected chi connectivity index (χ2v) is 7.01. The van der Waals surface area contributed by atoms with Crippen molar-refractivity contribution in [1.29, 1.82) is 0 Å². The monoisotopic (exact) mass is 222 g/mol. The fourth-order valence-electron chi connectivity index (χ4n) is 2.68. The fraction of sp³-hybridized carbons (Fsp3) is 0.875. The van der Waals surface area contributed by atoms with E-state index in [-0.39, 0.29) is 0 Å². The van der Waals surface area contributed by atoms with Crippen LogP contribution in [0.2, 0.25) is 0 Å². The molecule has 0 aliphatic heterocycles. The highest BCUT2D eigenvalue weighted by atomic mass is 14.3. The Hall–Kier alpha value is -0.260. The Morgan fingerprint density at radius 2 is 1.44 bits per heavy atom. The molecule has 0 bridgehead atoms. The van der Waals surface area contributed by atoms with Crippen LogP contribution in [0.25, 0.3) is 0 Å². The maximum Gasteiger partial charge on any atom is -0.0175 e. The number of rotatable bonds is 0. The van der Waals surface area contributed by atoms with Crippen molar-refractivity contribution in [3.8, 4) is 0 Å². The van der Waals surface area contributed by atoms with Gasteiger partial charge in [-0.1, -0.05) is 59.1 Å². The summed E-state index contributed by atoms with van der Waals surface area (Å²) in [6, 6.07) is 0. The topological polar surface area (TPSA) is 0 Å². The summed E-state index contributed by atoms with van der Waals surface area (Å²) in [4.78, 5) is 0. The molecule has 0 aromatic rings. The van der Waals surface area contributed by atoms with Crippen LogP contribution in [0, 0.1) is 10.8 Å². The molecule has 16 heavy (non-hydrogen) atoms. The van der Waals surface area contributed by atoms with Crippen LogP contribution in [0.15, 0.2) is 12.2 Å². The first-order chi connectivity index (χ1) is 7.41. The third kappa shape index (κ3) is 5.72. The van der Waals surface area contributed by atoms with E-state index in [1.54, 1.807) is 0 Å². The lowest BCUT2D eigenvalue weighted by Crippen LogP contribution is -2.14. The van der Waals surface area contributed by atoms with Gasteiger partial charge in [-0.25, -0.2) is 0 Å². The van der Waals surface area contributed by atoms with Crippen LogP contribution in [-0.4, -0.2) is 0 Å². The smallest absolute Gasteiger partial charge is 0.0175 e. The standard InChI is InChI=1S/C16H30/c1-15(2)11-8-6-5-7-9-12-16(3,4)14-10-13-15/h8,11H,5-7,9-10,12-14H2,1-4H3. The molecule has 0 amide bonds. The molecular formula is C16H30. The predicted molar refractivity (Wildman–Crippen MR) is 73.6 cm³/mol. The van der Waals surface area contributed by atoms with Crippen molar-refractivity contribution in [3.63, 3.8) is 0 Å². The molecule has 94 valence electrons. The summed E-state index contributed by atoms with van der Waals surface area (Å²) in [5.74, 6) is 0. The van der Waals surface area contributed by atoms with Crippen molar-refractivity contribution < 1.29 is 0 Å². The molecule has 0 radical (unpaired) electrons. The third-order valence-electron chi connectivity index (χ3n) is 3.97. The predicted octanol–water partition coefficient (Wildman–Crippen LogP) is 5.73. The van der Waals surface area contributed by atoms with E-state index >= 15 is 0 Å². The van der Waals surface area contributed by atoms with Crippen molar-refractivity contribution in [1.82, 2.24) is 0 Å². The van der Waals surface area contributed by atoms with Gasteiger partial charge >= 0.3 is 0 Å². The highest BCUT2D eigenvalue weighted by molar-refractivity contribution is 4.95. The number of allylic oxidation sites excluding steroid dienone is 2. The summed E-state index contributed by atoms with van der Waals surface area (Å²) >= 11 is 0. The molecule has 0 nitrogen and oxygen atoms in total. The lowest BCUT2D eigenvalue weighted by atomic mass is 9.78. The number of hydrogen-bond donors (Lipinski definition) is 0. The SMILES string of the molecule is CC1(C)C=CCCCCCC(C)(C)CCC1. The van der Waals surface area contributed by atoms with E-state index in [0.29, 0.717) is 10.8 Å². The van der Waals surface area contributed by atoms with Crippen LogP contribution >= 0.6 is 0 Å². The second kappa shape index (κ2) is 5.89. The molecule has 0 spiro atoms. The summed E-state index contributed by atoms with van der Waals surface area (Å²) in [5.41, 5.74) is 0.980. The van der Waals surface area contributed by atoms with Gasteiger partial charge in [0, 0.05) is 0 Å². The summed E-state index contributed by atoms with van der Waals surface area (Å²) in [5, 5.41) is 0. The zero-order chi connectivity index (χ0) is 12.1. The van der Waals surface area contributed by atoms with Crippen molar-refractivity contribution in [2.75, 3.05) is 0 Å². The van der Waals surface area contributed by atoms with E-state index in [9.17, 15) is 0 Å². The van der Waals surface area contributed by atoms with Crippen molar-refractivity contribution in [2.45, 2.75) is 79.1 Å². The van der Waals surface area contributed by atoms with E-state index in [1.807, 2.05) is 0 Å². The van der Waals surface area contributed by atoms with Gasteiger partial charge in [-0.05, 0) is 42.9 Å². The molecule has 1 aliphatic rings. The maximum atomic E-state index is 2.45. The van der Waals surface area contributed by atoms with Crippen LogP contribution in [0.3, 0.4) is 0 Å².